The molecule has 1 aromatic heterocycles. The van der Waals surface area contributed by atoms with Crippen molar-refractivity contribution in [2.24, 2.45) is 4.99 Å². The molecule has 2 aromatic rings. The third kappa shape index (κ3) is 3.61. The summed E-state index contributed by atoms with van der Waals surface area (Å²) in [6.45, 7) is 1.80. The summed E-state index contributed by atoms with van der Waals surface area (Å²) in [4.78, 5) is 31.3. The fraction of sp³-hybridized carbons (Fsp3) is 0.421. The Balaban J connectivity index is 2.11. The number of hydrogen-bond acceptors (Lipinski definition) is 4. The molecule has 0 saturated heterocycles. The van der Waals surface area contributed by atoms with Crippen LogP contribution in [0.25, 0.3) is 0 Å². The minimum atomic E-state index is -0.665. The molecule has 1 saturated carbocycles. The van der Waals surface area contributed by atoms with Gasteiger partial charge >= 0.3 is 5.69 Å². The van der Waals surface area contributed by atoms with Crippen LogP contribution in [0.3, 0.4) is 0 Å². The van der Waals surface area contributed by atoms with E-state index in [-0.39, 0.29) is 23.3 Å². The van der Waals surface area contributed by atoms with Crippen molar-refractivity contribution in [3.05, 3.63) is 56.5 Å². The van der Waals surface area contributed by atoms with E-state index in [1.165, 1.54) is 28.8 Å². The average Bonchev–Trinajstić information content (AvgIpc) is 2.63. The summed E-state index contributed by atoms with van der Waals surface area (Å²) in [6, 6.07) is 5.41. The van der Waals surface area contributed by atoms with Crippen molar-refractivity contribution in [1.29, 1.82) is 0 Å². The van der Waals surface area contributed by atoms with E-state index in [2.05, 4.69) is 9.98 Å². The number of aliphatic imine (C=N–C) groups is 1. The van der Waals surface area contributed by atoms with E-state index >= 15 is 0 Å². The van der Waals surface area contributed by atoms with Gasteiger partial charge in [-0.25, -0.2) is 9.18 Å². The molecule has 26 heavy (non-hydrogen) atoms. The first-order valence-electron chi connectivity index (χ1n) is 8.92. The first-order valence-corrected chi connectivity index (χ1v) is 8.92. The number of rotatable bonds is 4. The van der Waals surface area contributed by atoms with E-state index in [0.717, 1.165) is 32.1 Å². The quantitative estimate of drug-likeness (QED) is 0.820. The van der Waals surface area contributed by atoms with Crippen LogP contribution >= 0.6 is 0 Å². The lowest BCUT2D eigenvalue weighted by molar-refractivity contribution is 0.298. The predicted molar refractivity (Wildman–Crippen MR) is 98.0 cm³/mol. The fourth-order valence-corrected chi connectivity index (χ4v) is 3.46. The van der Waals surface area contributed by atoms with Gasteiger partial charge in [-0.05, 0) is 43.5 Å². The smallest absolute Gasteiger partial charge is 0.331 e. The number of nitrogens with one attached hydrogen (secondary N) is 1. The first kappa shape index (κ1) is 18.1. The molecular formula is C19H22FN3O3. The molecule has 3 rings (SSSR count). The van der Waals surface area contributed by atoms with Crippen LogP contribution in [0.1, 0.15) is 57.1 Å². The van der Waals surface area contributed by atoms with Gasteiger partial charge in [0.25, 0.3) is 5.56 Å². The molecule has 1 heterocycles. The van der Waals surface area contributed by atoms with Gasteiger partial charge in [0.05, 0.1) is 11.4 Å². The van der Waals surface area contributed by atoms with Gasteiger partial charge in [-0.3, -0.25) is 19.3 Å². The Hall–Kier alpha value is -2.70. The summed E-state index contributed by atoms with van der Waals surface area (Å²) in [5.74, 6) is -0.720. The first-order chi connectivity index (χ1) is 12.5. The lowest BCUT2D eigenvalue weighted by atomic mass is 9.95. The summed E-state index contributed by atoms with van der Waals surface area (Å²) >= 11 is 0. The van der Waals surface area contributed by atoms with Crippen molar-refractivity contribution in [3.8, 4) is 5.88 Å². The van der Waals surface area contributed by atoms with Crippen LogP contribution < -0.4 is 11.2 Å². The highest BCUT2D eigenvalue weighted by Gasteiger charge is 2.24. The van der Waals surface area contributed by atoms with Crippen molar-refractivity contribution >= 4 is 11.4 Å². The number of benzene rings is 1. The number of aromatic amines is 1. The topological polar surface area (TPSA) is 87.4 Å². The second-order valence-corrected chi connectivity index (χ2v) is 6.51. The molecule has 7 heteroatoms. The van der Waals surface area contributed by atoms with Crippen molar-refractivity contribution in [3.63, 3.8) is 0 Å². The predicted octanol–water partition coefficient (Wildman–Crippen LogP) is 3.42. The van der Waals surface area contributed by atoms with Gasteiger partial charge in [-0.1, -0.05) is 26.2 Å². The maximum atomic E-state index is 13.1. The van der Waals surface area contributed by atoms with E-state index in [0.29, 0.717) is 17.8 Å². The molecule has 138 valence electrons. The summed E-state index contributed by atoms with van der Waals surface area (Å²) < 4.78 is 14.4. The van der Waals surface area contributed by atoms with Crippen molar-refractivity contribution in [2.45, 2.75) is 51.5 Å². The number of nitrogens with zero attached hydrogens (tertiary/aromatic N) is 2. The molecule has 0 unspecified atom stereocenters. The van der Waals surface area contributed by atoms with Crippen LogP contribution in [0.15, 0.2) is 38.8 Å². The minimum absolute atomic E-state index is 0.00185. The van der Waals surface area contributed by atoms with Crippen molar-refractivity contribution in [2.75, 3.05) is 0 Å². The summed E-state index contributed by atoms with van der Waals surface area (Å²) in [6.07, 6.45) is 5.01. The molecule has 1 aliphatic carbocycles. The van der Waals surface area contributed by atoms with Gasteiger partial charge in [-0.15, -0.1) is 0 Å². The maximum absolute atomic E-state index is 13.1. The van der Waals surface area contributed by atoms with Crippen LogP contribution in [0, 0.1) is 5.82 Å². The third-order valence-electron chi connectivity index (χ3n) is 4.77. The van der Waals surface area contributed by atoms with Crippen molar-refractivity contribution < 1.29 is 9.50 Å². The largest absolute Gasteiger partial charge is 0.494 e. The standard InChI is InChI=1S/C19H22FN3O3/c1-2-15(21-13-10-8-12(20)9-11-13)16-17(24)22-19(26)23(18(16)25)14-6-4-3-5-7-14/h8-11,14,25H,2-7H2,1H3,(H,22,24,26). The molecule has 0 spiro atoms. The number of aromatic nitrogens is 2. The van der Waals surface area contributed by atoms with E-state index in [4.69, 9.17) is 0 Å². The van der Waals surface area contributed by atoms with Gasteiger partial charge in [-0.2, -0.15) is 0 Å². The number of hydrogen-bond donors (Lipinski definition) is 2. The Morgan fingerprint density at radius 2 is 1.88 bits per heavy atom. The molecule has 1 aromatic carbocycles. The van der Waals surface area contributed by atoms with Gasteiger partial charge in [0, 0.05) is 6.04 Å². The highest BCUT2D eigenvalue weighted by Crippen LogP contribution is 2.30. The van der Waals surface area contributed by atoms with E-state index in [9.17, 15) is 19.1 Å². The molecule has 0 aliphatic heterocycles. The zero-order chi connectivity index (χ0) is 18.7. The number of aromatic hydroxyl groups is 1. The summed E-state index contributed by atoms with van der Waals surface area (Å²) in [5.41, 5.74) is -0.443. The number of halogens is 1. The van der Waals surface area contributed by atoms with E-state index in [1.54, 1.807) is 6.92 Å². The normalized spacial score (nSPS) is 16.0. The van der Waals surface area contributed by atoms with E-state index in [1.807, 2.05) is 0 Å². The SMILES string of the molecule is CCC(=Nc1ccc(F)cc1)c1c(O)n(C2CCCCC2)c(=O)[nH]c1=O. The van der Waals surface area contributed by atoms with Crippen LogP contribution in [0.2, 0.25) is 0 Å². The molecule has 0 bridgehead atoms. The number of H-pyrrole nitrogens is 1. The Morgan fingerprint density at radius 1 is 1.23 bits per heavy atom. The van der Waals surface area contributed by atoms with E-state index < -0.39 is 11.2 Å². The Labute approximate surface area is 150 Å². The summed E-state index contributed by atoms with van der Waals surface area (Å²) in [7, 11) is 0. The highest BCUT2D eigenvalue weighted by molar-refractivity contribution is 6.03. The average molecular weight is 359 g/mol. The Morgan fingerprint density at radius 3 is 2.50 bits per heavy atom. The van der Waals surface area contributed by atoms with Gasteiger partial charge < -0.3 is 5.11 Å². The molecule has 2 N–H and O–H groups in total. The van der Waals surface area contributed by atoms with Gasteiger partial charge in [0.1, 0.15) is 11.4 Å². The van der Waals surface area contributed by atoms with Crippen LogP contribution in [-0.4, -0.2) is 20.4 Å². The van der Waals surface area contributed by atoms with Crippen LogP contribution in [0.5, 0.6) is 5.88 Å². The second-order valence-electron chi connectivity index (χ2n) is 6.51. The summed E-state index contributed by atoms with van der Waals surface area (Å²) in [5, 5.41) is 10.7. The minimum Gasteiger partial charge on any atom is -0.494 e. The second kappa shape index (κ2) is 7.68. The van der Waals surface area contributed by atoms with Crippen LogP contribution in [0.4, 0.5) is 10.1 Å². The fourth-order valence-electron chi connectivity index (χ4n) is 3.46. The molecule has 0 amide bonds. The maximum Gasteiger partial charge on any atom is 0.331 e. The molecule has 0 radical (unpaired) electrons. The van der Waals surface area contributed by atoms with Crippen molar-refractivity contribution in [1.82, 2.24) is 9.55 Å². The lowest BCUT2D eigenvalue weighted by Gasteiger charge is -2.25. The Kier molecular flexibility index (Phi) is 5.35. The third-order valence-corrected chi connectivity index (χ3v) is 4.77. The lowest BCUT2D eigenvalue weighted by Crippen LogP contribution is -2.36. The van der Waals surface area contributed by atoms with Gasteiger partial charge in [0.2, 0.25) is 5.88 Å². The molecule has 6 nitrogen and oxygen atoms in total. The van der Waals surface area contributed by atoms with Gasteiger partial charge in [0.15, 0.2) is 0 Å². The zero-order valence-electron chi connectivity index (χ0n) is 14.7. The molecule has 1 fully saturated rings. The Bertz CT molecular complexity index is 923. The zero-order valence-corrected chi connectivity index (χ0v) is 14.7. The molecule has 0 atom stereocenters. The molecule has 1 aliphatic rings. The monoisotopic (exact) mass is 359 g/mol. The van der Waals surface area contributed by atoms with Crippen LogP contribution in [-0.2, 0) is 0 Å². The highest BCUT2D eigenvalue weighted by atomic mass is 19.1. The molecular weight excluding hydrogens is 337 g/mol.